The van der Waals surface area contributed by atoms with Crippen molar-refractivity contribution in [3.63, 3.8) is 0 Å². The van der Waals surface area contributed by atoms with Crippen molar-refractivity contribution in [3.05, 3.63) is 28.5 Å². The summed E-state index contributed by atoms with van der Waals surface area (Å²) in [6.45, 7) is 0. The van der Waals surface area contributed by atoms with Crippen molar-refractivity contribution in [1.82, 2.24) is 10.3 Å². The second kappa shape index (κ2) is 5.43. The highest BCUT2D eigenvalue weighted by molar-refractivity contribution is 9.10. The number of hydrogen-bond acceptors (Lipinski definition) is 2. The maximum absolute atomic E-state index is 11.7. The second-order valence-electron chi connectivity index (χ2n) is 4.19. The zero-order valence-electron chi connectivity index (χ0n) is 9.08. The first kappa shape index (κ1) is 11.6. The average molecular weight is 283 g/mol. The fraction of sp³-hybridized carbons (Fsp3) is 0.500. The predicted molar refractivity (Wildman–Crippen MR) is 66.0 cm³/mol. The lowest BCUT2D eigenvalue weighted by Gasteiger charge is -2.11. The van der Waals surface area contributed by atoms with E-state index >= 15 is 0 Å². The quantitative estimate of drug-likeness (QED) is 0.925. The monoisotopic (exact) mass is 282 g/mol. The Bertz CT molecular complexity index is 358. The van der Waals surface area contributed by atoms with Crippen LogP contribution in [0.3, 0.4) is 0 Å². The highest BCUT2D eigenvalue weighted by atomic mass is 79.9. The number of nitrogens with zero attached hydrogens (tertiary/aromatic N) is 1. The number of nitrogens with one attached hydrogen (secondary N) is 1. The van der Waals surface area contributed by atoms with E-state index in [4.69, 9.17) is 0 Å². The highest BCUT2D eigenvalue weighted by Gasteiger charge is 2.17. The Hall–Kier alpha value is -0.900. The van der Waals surface area contributed by atoms with E-state index in [9.17, 15) is 4.79 Å². The van der Waals surface area contributed by atoms with E-state index in [2.05, 4.69) is 26.2 Å². The molecule has 1 N–H and O–H groups in total. The van der Waals surface area contributed by atoms with Gasteiger partial charge in [-0.2, -0.15) is 0 Å². The SMILES string of the molecule is O=C(Cc1ccc(Br)cn1)NC1CCCC1. The molecule has 16 heavy (non-hydrogen) atoms. The van der Waals surface area contributed by atoms with Gasteiger partial charge in [0.05, 0.1) is 6.42 Å². The van der Waals surface area contributed by atoms with Crippen molar-refractivity contribution >= 4 is 21.8 Å². The minimum absolute atomic E-state index is 0.0849. The van der Waals surface area contributed by atoms with Gasteiger partial charge in [-0.25, -0.2) is 0 Å². The van der Waals surface area contributed by atoms with E-state index in [1.807, 2.05) is 12.1 Å². The maximum atomic E-state index is 11.7. The first-order chi connectivity index (χ1) is 7.74. The minimum atomic E-state index is 0.0849. The molecule has 0 radical (unpaired) electrons. The van der Waals surface area contributed by atoms with Crippen LogP contribution in [0, 0.1) is 0 Å². The van der Waals surface area contributed by atoms with Gasteiger partial charge >= 0.3 is 0 Å². The Balaban J connectivity index is 1.84. The van der Waals surface area contributed by atoms with E-state index in [1.165, 1.54) is 12.8 Å². The normalized spacial score (nSPS) is 16.3. The van der Waals surface area contributed by atoms with Crippen molar-refractivity contribution in [2.45, 2.75) is 38.1 Å². The molecule has 4 heteroatoms. The number of carbonyl (C=O) groups excluding carboxylic acids is 1. The lowest BCUT2D eigenvalue weighted by atomic mass is 10.2. The number of pyridine rings is 1. The van der Waals surface area contributed by atoms with Gasteiger partial charge < -0.3 is 5.32 Å². The molecule has 1 heterocycles. The fourth-order valence-corrected chi connectivity index (χ4v) is 2.26. The number of hydrogen-bond donors (Lipinski definition) is 1. The molecule has 1 amide bonds. The lowest BCUT2D eigenvalue weighted by molar-refractivity contribution is -0.121. The van der Waals surface area contributed by atoms with E-state index in [1.54, 1.807) is 6.20 Å². The van der Waals surface area contributed by atoms with Crippen molar-refractivity contribution < 1.29 is 4.79 Å². The van der Waals surface area contributed by atoms with Gasteiger partial charge in [-0.15, -0.1) is 0 Å². The Labute approximate surface area is 104 Å². The third-order valence-electron chi connectivity index (χ3n) is 2.85. The first-order valence-electron chi connectivity index (χ1n) is 5.64. The summed E-state index contributed by atoms with van der Waals surface area (Å²) in [5.74, 6) is 0.0849. The largest absolute Gasteiger partial charge is 0.353 e. The van der Waals surface area contributed by atoms with E-state index < -0.39 is 0 Å². The van der Waals surface area contributed by atoms with Crippen LogP contribution < -0.4 is 5.32 Å². The third kappa shape index (κ3) is 3.30. The molecule has 0 atom stereocenters. The molecule has 2 rings (SSSR count). The summed E-state index contributed by atoms with van der Waals surface area (Å²) in [4.78, 5) is 15.9. The van der Waals surface area contributed by atoms with Gasteiger partial charge in [-0.05, 0) is 40.9 Å². The van der Waals surface area contributed by atoms with Gasteiger partial charge in [-0.3, -0.25) is 9.78 Å². The molecule has 1 aliphatic rings. The number of aromatic nitrogens is 1. The summed E-state index contributed by atoms with van der Waals surface area (Å²) in [6, 6.07) is 4.17. The number of halogens is 1. The predicted octanol–water partition coefficient (Wildman–Crippen LogP) is 2.45. The summed E-state index contributed by atoms with van der Waals surface area (Å²) >= 11 is 3.32. The van der Waals surface area contributed by atoms with Crippen LogP contribution in [0.1, 0.15) is 31.4 Å². The third-order valence-corrected chi connectivity index (χ3v) is 3.32. The lowest BCUT2D eigenvalue weighted by Crippen LogP contribution is -2.33. The van der Waals surface area contributed by atoms with Crippen LogP contribution in [-0.2, 0) is 11.2 Å². The van der Waals surface area contributed by atoms with Crippen molar-refractivity contribution in [3.8, 4) is 0 Å². The fourth-order valence-electron chi connectivity index (χ4n) is 2.02. The molecule has 1 aromatic rings. The Morgan fingerprint density at radius 2 is 2.19 bits per heavy atom. The van der Waals surface area contributed by atoms with Crippen LogP contribution in [0.5, 0.6) is 0 Å². The molecule has 1 saturated carbocycles. The molecule has 1 aromatic heterocycles. The molecule has 0 saturated heterocycles. The second-order valence-corrected chi connectivity index (χ2v) is 5.11. The zero-order chi connectivity index (χ0) is 11.4. The molecular weight excluding hydrogens is 268 g/mol. The molecule has 0 unspecified atom stereocenters. The highest BCUT2D eigenvalue weighted by Crippen LogP contribution is 2.17. The van der Waals surface area contributed by atoms with Crippen molar-refractivity contribution in [2.75, 3.05) is 0 Å². The smallest absolute Gasteiger partial charge is 0.226 e. The molecule has 0 bridgehead atoms. The molecule has 1 fully saturated rings. The minimum Gasteiger partial charge on any atom is -0.353 e. The van der Waals surface area contributed by atoms with Gasteiger partial charge in [0.1, 0.15) is 0 Å². The summed E-state index contributed by atoms with van der Waals surface area (Å²) in [6.07, 6.45) is 6.82. The zero-order valence-corrected chi connectivity index (χ0v) is 10.7. The topological polar surface area (TPSA) is 42.0 Å². The standard InChI is InChI=1S/C12H15BrN2O/c13-9-5-6-11(14-8-9)7-12(16)15-10-3-1-2-4-10/h5-6,8,10H,1-4,7H2,(H,15,16). The first-order valence-corrected chi connectivity index (χ1v) is 6.43. The average Bonchev–Trinajstić information content (AvgIpc) is 2.74. The van der Waals surface area contributed by atoms with Gasteiger partial charge in [0.2, 0.25) is 5.91 Å². The molecule has 0 aromatic carbocycles. The van der Waals surface area contributed by atoms with Gasteiger partial charge in [0.15, 0.2) is 0 Å². The number of carbonyl (C=O) groups is 1. The Morgan fingerprint density at radius 3 is 2.81 bits per heavy atom. The van der Waals surface area contributed by atoms with Crippen LogP contribution >= 0.6 is 15.9 Å². The number of amides is 1. The molecular formula is C12H15BrN2O. The van der Waals surface area contributed by atoms with Gasteiger partial charge in [0.25, 0.3) is 0 Å². The van der Waals surface area contributed by atoms with Crippen LogP contribution in [0.4, 0.5) is 0 Å². The molecule has 0 aliphatic heterocycles. The molecule has 3 nitrogen and oxygen atoms in total. The summed E-state index contributed by atoms with van der Waals surface area (Å²) in [5.41, 5.74) is 0.818. The summed E-state index contributed by atoms with van der Waals surface area (Å²) in [5, 5.41) is 3.05. The van der Waals surface area contributed by atoms with E-state index in [0.29, 0.717) is 12.5 Å². The van der Waals surface area contributed by atoms with Crippen LogP contribution in [-0.4, -0.2) is 16.9 Å². The van der Waals surface area contributed by atoms with Crippen molar-refractivity contribution in [1.29, 1.82) is 0 Å². The Morgan fingerprint density at radius 1 is 1.44 bits per heavy atom. The molecule has 86 valence electrons. The van der Waals surface area contributed by atoms with Gasteiger partial charge in [-0.1, -0.05) is 12.8 Å². The van der Waals surface area contributed by atoms with Crippen LogP contribution in [0.25, 0.3) is 0 Å². The Kier molecular flexibility index (Phi) is 3.93. The van der Waals surface area contributed by atoms with Gasteiger partial charge in [0, 0.05) is 22.4 Å². The van der Waals surface area contributed by atoms with Crippen LogP contribution in [0.15, 0.2) is 22.8 Å². The van der Waals surface area contributed by atoms with Crippen molar-refractivity contribution in [2.24, 2.45) is 0 Å². The van der Waals surface area contributed by atoms with Crippen LogP contribution in [0.2, 0.25) is 0 Å². The summed E-state index contributed by atoms with van der Waals surface area (Å²) in [7, 11) is 0. The summed E-state index contributed by atoms with van der Waals surface area (Å²) < 4.78 is 0.937. The molecule has 1 aliphatic carbocycles. The van der Waals surface area contributed by atoms with E-state index in [-0.39, 0.29) is 5.91 Å². The molecule has 0 spiro atoms. The maximum Gasteiger partial charge on any atom is 0.226 e. The van der Waals surface area contributed by atoms with E-state index in [0.717, 1.165) is 23.0 Å². The number of rotatable bonds is 3.